The van der Waals surface area contributed by atoms with Gasteiger partial charge >= 0.3 is 0 Å². The number of aryl methyl sites for hydroxylation is 2. The normalized spacial score (nSPS) is 14.3. The number of fused-ring (bicyclic) bond motifs is 1. The summed E-state index contributed by atoms with van der Waals surface area (Å²) in [4.78, 5) is 13.7. The number of thioether (sulfide) groups is 1. The van der Waals surface area contributed by atoms with Crippen LogP contribution in [0.5, 0.6) is 0 Å². The number of hydrogen-bond acceptors (Lipinski definition) is 2. The summed E-state index contributed by atoms with van der Waals surface area (Å²) >= 11 is 1.71. The summed E-state index contributed by atoms with van der Waals surface area (Å²) < 4.78 is 0. The molecule has 2 aromatic rings. The lowest BCUT2D eigenvalue weighted by molar-refractivity contribution is 0.0937. The largest absolute Gasteiger partial charge is 0.345 e. The highest BCUT2D eigenvalue weighted by molar-refractivity contribution is 7.99. The van der Waals surface area contributed by atoms with Gasteiger partial charge in [-0.15, -0.1) is 11.8 Å². The van der Waals surface area contributed by atoms with Gasteiger partial charge in [0.2, 0.25) is 0 Å². The monoisotopic (exact) mass is 325 g/mol. The second kappa shape index (κ2) is 7.22. The number of nitrogens with one attached hydrogen (secondary N) is 1. The first kappa shape index (κ1) is 16.1. The van der Waals surface area contributed by atoms with Crippen molar-refractivity contribution in [3.05, 3.63) is 64.7 Å². The van der Waals surface area contributed by atoms with Crippen molar-refractivity contribution in [2.24, 2.45) is 0 Å². The van der Waals surface area contributed by atoms with Crippen molar-refractivity contribution in [2.75, 3.05) is 5.75 Å². The van der Waals surface area contributed by atoms with Gasteiger partial charge in [0.05, 0.1) is 11.6 Å². The van der Waals surface area contributed by atoms with Crippen LogP contribution in [-0.2, 0) is 12.8 Å². The zero-order valence-corrected chi connectivity index (χ0v) is 14.6. The van der Waals surface area contributed by atoms with E-state index in [4.69, 9.17) is 0 Å². The number of amides is 1. The molecule has 0 aliphatic heterocycles. The minimum absolute atomic E-state index is 0.00884. The lowest BCUT2D eigenvalue weighted by Crippen LogP contribution is -2.27. The Morgan fingerprint density at radius 1 is 1.17 bits per heavy atom. The van der Waals surface area contributed by atoms with Crippen LogP contribution in [0.25, 0.3) is 0 Å². The molecule has 1 N–H and O–H groups in total. The van der Waals surface area contributed by atoms with Crippen molar-refractivity contribution in [2.45, 2.75) is 44.0 Å². The average Bonchev–Trinajstić information content (AvgIpc) is 3.03. The summed E-state index contributed by atoms with van der Waals surface area (Å²) in [6, 6.07) is 14.5. The van der Waals surface area contributed by atoms with Crippen LogP contribution in [0.3, 0.4) is 0 Å². The molecule has 2 aromatic carbocycles. The SMILES string of the molecule is CCSc1ccccc1C(=O)NC(C)c1ccc2c(c1)CCC2. The second-order valence-corrected chi connectivity index (χ2v) is 7.31. The number of rotatable bonds is 5. The molecule has 0 heterocycles. The summed E-state index contributed by atoms with van der Waals surface area (Å²) in [5, 5.41) is 3.15. The molecule has 23 heavy (non-hydrogen) atoms. The molecule has 1 aliphatic carbocycles. The maximum atomic E-state index is 12.6. The fourth-order valence-electron chi connectivity index (χ4n) is 3.15. The number of hydrogen-bond donors (Lipinski definition) is 1. The fraction of sp³-hybridized carbons (Fsp3) is 0.350. The Bertz CT molecular complexity index is 711. The van der Waals surface area contributed by atoms with Crippen molar-refractivity contribution in [3.63, 3.8) is 0 Å². The lowest BCUT2D eigenvalue weighted by Gasteiger charge is -2.17. The van der Waals surface area contributed by atoms with E-state index in [1.54, 1.807) is 11.8 Å². The first-order valence-corrected chi connectivity index (χ1v) is 9.32. The van der Waals surface area contributed by atoms with E-state index >= 15 is 0 Å². The molecule has 0 spiro atoms. The summed E-state index contributed by atoms with van der Waals surface area (Å²) in [5.41, 5.74) is 4.88. The Morgan fingerprint density at radius 2 is 1.96 bits per heavy atom. The molecule has 3 heteroatoms. The van der Waals surface area contributed by atoms with Gasteiger partial charge < -0.3 is 5.32 Å². The molecule has 1 unspecified atom stereocenters. The first-order chi connectivity index (χ1) is 11.2. The predicted octanol–water partition coefficient (Wildman–Crippen LogP) is 4.78. The molecule has 1 amide bonds. The quantitative estimate of drug-likeness (QED) is 0.802. The van der Waals surface area contributed by atoms with Gasteiger partial charge in [-0.05, 0) is 60.8 Å². The second-order valence-electron chi connectivity index (χ2n) is 6.01. The molecule has 1 aliphatic rings. The Kier molecular flexibility index (Phi) is 5.06. The summed E-state index contributed by atoms with van der Waals surface area (Å²) in [5.74, 6) is 0.972. The van der Waals surface area contributed by atoms with Crippen LogP contribution >= 0.6 is 11.8 Å². The van der Waals surface area contributed by atoms with Crippen molar-refractivity contribution in [1.29, 1.82) is 0 Å². The maximum Gasteiger partial charge on any atom is 0.252 e. The van der Waals surface area contributed by atoms with Crippen LogP contribution < -0.4 is 5.32 Å². The lowest BCUT2D eigenvalue weighted by atomic mass is 10.0. The zero-order valence-electron chi connectivity index (χ0n) is 13.8. The smallest absolute Gasteiger partial charge is 0.252 e. The van der Waals surface area contributed by atoms with Crippen LogP contribution in [0, 0.1) is 0 Å². The van der Waals surface area contributed by atoms with Crippen molar-refractivity contribution in [1.82, 2.24) is 5.32 Å². The highest BCUT2D eigenvalue weighted by atomic mass is 32.2. The molecule has 0 saturated carbocycles. The van der Waals surface area contributed by atoms with Crippen LogP contribution in [0.1, 0.15) is 53.4 Å². The van der Waals surface area contributed by atoms with Gasteiger partial charge in [0, 0.05) is 4.90 Å². The minimum Gasteiger partial charge on any atom is -0.345 e. The van der Waals surface area contributed by atoms with Gasteiger partial charge in [0.1, 0.15) is 0 Å². The highest BCUT2D eigenvalue weighted by Gasteiger charge is 2.17. The Morgan fingerprint density at radius 3 is 2.78 bits per heavy atom. The predicted molar refractivity (Wildman–Crippen MR) is 97.2 cm³/mol. The molecule has 0 fully saturated rings. The van der Waals surface area contributed by atoms with E-state index in [2.05, 4.69) is 37.4 Å². The third-order valence-corrected chi connectivity index (χ3v) is 5.36. The van der Waals surface area contributed by atoms with E-state index in [1.807, 2.05) is 24.3 Å². The fourth-order valence-corrected chi connectivity index (χ4v) is 3.96. The number of carbonyl (C=O) groups is 1. The topological polar surface area (TPSA) is 29.1 Å². The third-order valence-electron chi connectivity index (χ3n) is 4.40. The zero-order chi connectivity index (χ0) is 16.2. The number of benzene rings is 2. The van der Waals surface area contributed by atoms with Gasteiger partial charge in [-0.1, -0.05) is 37.3 Å². The molecular weight excluding hydrogens is 302 g/mol. The molecule has 120 valence electrons. The summed E-state index contributed by atoms with van der Waals surface area (Å²) in [6.45, 7) is 4.16. The van der Waals surface area contributed by atoms with Crippen LogP contribution in [-0.4, -0.2) is 11.7 Å². The van der Waals surface area contributed by atoms with E-state index in [0.717, 1.165) is 16.2 Å². The van der Waals surface area contributed by atoms with Crippen molar-refractivity contribution in [3.8, 4) is 0 Å². The molecule has 0 aromatic heterocycles. The molecule has 0 bridgehead atoms. The van der Waals surface area contributed by atoms with Gasteiger partial charge in [-0.25, -0.2) is 0 Å². The van der Waals surface area contributed by atoms with Gasteiger partial charge in [0.15, 0.2) is 0 Å². The Balaban J connectivity index is 1.75. The Hall–Kier alpha value is -1.74. The van der Waals surface area contributed by atoms with Crippen molar-refractivity contribution < 1.29 is 4.79 Å². The first-order valence-electron chi connectivity index (χ1n) is 8.33. The molecular formula is C20H23NOS. The van der Waals surface area contributed by atoms with E-state index < -0.39 is 0 Å². The van der Waals surface area contributed by atoms with Gasteiger partial charge in [-0.3, -0.25) is 4.79 Å². The molecule has 3 rings (SSSR count). The molecule has 2 nitrogen and oxygen atoms in total. The molecule has 0 radical (unpaired) electrons. The highest BCUT2D eigenvalue weighted by Crippen LogP contribution is 2.26. The third kappa shape index (κ3) is 3.61. The summed E-state index contributed by atoms with van der Waals surface area (Å²) in [6.07, 6.45) is 3.61. The van der Waals surface area contributed by atoms with Crippen LogP contribution in [0.2, 0.25) is 0 Å². The van der Waals surface area contributed by atoms with Gasteiger partial charge in [-0.2, -0.15) is 0 Å². The van der Waals surface area contributed by atoms with Crippen LogP contribution in [0.4, 0.5) is 0 Å². The standard InChI is InChI=1S/C20H23NOS/c1-3-23-19-10-5-4-9-18(19)20(22)21-14(2)16-12-11-15-7-6-8-17(15)13-16/h4-5,9-14H,3,6-8H2,1-2H3,(H,21,22). The van der Waals surface area contributed by atoms with Crippen molar-refractivity contribution >= 4 is 17.7 Å². The Labute approximate surface area is 142 Å². The van der Waals surface area contributed by atoms with E-state index in [9.17, 15) is 4.79 Å². The molecule has 1 atom stereocenters. The van der Waals surface area contributed by atoms with Gasteiger partial charge in [0.25, 0.3) is 5.91 Å². The average molecular weight is 325 g/mol. The van der Waals surface area contributed by atoms with E-state index in [0.29, 0.717) is 0 Å². The maximum absolute atomic E-state index is 12.6. The number of carbonyl (C=O) groups excluding carboxylic acids is 1. The summed E-state index contributed by atoms with van der Waals surface area (Å²) in [7, 11) is 0. The van der Waals surface area contributed by atoms with E-state index in [1.165, 1.54) is 36.0 Å². The molecule has 0 saturated heterocycles. The van der Waals surface area contributed by atoms with Crippen LogP contribution in [0.15, 0.2) is 47.4 Å². The van der Waals surface area contributed by atoms with E-state index in [-0.39, 0.29) is 11.9 Å². The minimum atomic E-state index is 0.00884.